The number of benzene rings is 1. The van der Waals surface area contributed by atoms with Gasteiger partial charge in [-0.05, 0) is 38.0 Å². The Morgan fingerprint density at radius 3 is 2.25 bits per heavy atom. The molecule has 0 aliphatic rings. The van der Waals surface area contributed by atoms with Gasteiger partial charge in [-0.2, -0.15) is 0 Å². The summed E-state index contributed by atoms with van der Waals surface area (Å²) in [4.78, 5) is 0.319. The van der Waals surface area contributed by atoms with Gasteiger partial charge in [0.05, 0.1) is 4.90 Å². The number of hydrogen-bond donors (Lipinski definition) is 1. The molecule has 0 fully saturated rings. The van der Waals surface area contributed by atoms with Crippen LogP contribution in [0.25, 0.3) is 0 Å². The fraction of sp³-hybridized carbons (Fsp3) is 0.455. The minimum atomic E-state index is -3.35. The number of rotatable bonds is 5. The van der Waals surface area contributed by atoms with Crippen molar-refractivity contribution >= 4 is 26.0 Å². The third-order valence-corrected chi connectivity index (χ3v) is 4.08. The van der Waals surface area contributed by atoms with E-state index in [4.69, 9.17) is 0 Å². The zero-order chi connectivity index (χ0) is 12.2. The molecular formula is C11H16BrNO2S. The van der Waals surface area contributed by atoms with E-state index in [2.05, 4.69) is 20.7 Å². The molecule has 0 heterocycles. The molecule has 0 bridgehead atoms. The van der Waals surface area contributed by atoms with Gasteiger partial charge < -0.3 is 0 Å². The van der Waals surface area contributed by atoms with Gasteiger partial charge in [0.1, 0.15) is 0 Å². The van der Waals surface area contributed by atoms with E-state index in [0.717, 1.165) is 17.3 Å². The number of sulfonamides is 1. The smallest absolute Gasteiger partial charge is 0.209 e. The third kappa shape index (κ3) is 3.88. The molecule has 90 valence electrons. The Hall–Kier alpha value is -0.390. The summed E-state index contributed by atoms with van der Waals surface area (Å²) < 4.78 is 26.1. The second-order valence-electron chi connectivity index (χ2n) is 3.86. The summed E-state index contributed by atoms with van der Waals surface area (Å²) in [6, 6.07) is 6.88. The monoisotopic (exact) mass is 305 g/mol. The minimum absolute atomic E-state index is 0.0905. The van der Waals surface area contributed by atoms with Crippen LogP contribution in [0.15, 0.2) is 29.2 Å². The summed E-state index contributed by atoms with van der Waals surface area (Å²) in [5.74, 6) is 0. The van der Waals surface area contributed by atoms with Crippen LogP contribution in [0.1, 0.15) is 19.4 Å². The van der Waals surface area contributed by atoms with Crippen molar-refractivity contribution in [3.63, 3.8) is 0 Å². The summed E-state index contributed by atoms with van der Waals surface area (Å²) in [5.41, 5.74) is 1.13. The third-order valence-electron chi connectivity index (χ3n) is 2.01. The lowest BCUT2D eigenvalue weighted by Gasteiger charge is -2.09. The zero-order valence-electron chi connectivity index (χ0n) is 9.40. The van der Waals surface area contributed by atoms with Gasteiger partial charge in [-0.15, -0.1) is 0 Å². The van der Waals surface area contributed by atoms with Gasteiger partial charge in [-0.25, -0.2) is 13.1 Å². The lowest BCUT2D eigenvalue weighted by atomic mass is 10.2. The maximum absolute atomic E-state index is 11.8. The van der Waals surface area contributed by atoms with Crippen molar-refractivity contribution < 1.29 is 8.42 Å². The summed E-state index contributed by atoms with van der Waals surface area (Å²) in [6.45, 7) is 3.60. The molecule has 0 amide bonds. The van der Waals surface area contributed by atoms with Crippen LogP contribution < -0.4 is 4.72 Å². The van der Waals surface area contributed by atoms with Crippen molar-refractivity contribution in [3.8, 4) is 0 Å². The predicted molar refractivity (Wildman–Crippen MR) is 69.4 cm³/mol. The first kappa shape index (κ1) is 13.7. The first-order chi connectivity index (χ1) is 7.45. The summed E-state index contributed by atoms with van der Waals surface area (Å²) in [6.07, 6.45) is 0.901. The molecule has 0 radical (unpaired) electrons. The average molecular weight is 306 g/mol. The van der Waals surface area contributed by atoms with E-state index < -0.39 is 10.0 Å². The Kier molecular flexibility index (Phi) is 4.95. The zero-order valence-corrected chi connectivity index (χ0v) is 11.8. The number of aryl methyl sites for hydroxylation is 1. The Morgan fingerprint density at radius 1 is 1.25 bits per heavy atom. The van der Waals surface area contributed by atoms with Gasteiger partial charge in [-0.1, -0.05) is 28.1 Å². The molecule has 1 rings (SSSR count). The van der Waals surface area contributed by atoms with E-state index in [0.29, 0.717) is 4.90 Å². The van der Waals surface area contributed by atoms with Crippen molar-refractivity contribution in [2.75, 3.05) is 5.33 Å². The van der Waals surface area contributed by atoms with Crippen LogP contribution in [0.2, 0.25) is 0 Å². The van der Waals surface area contributed by atoms with Gasteiger partial charge in [0.2, 0.25) is 10.0 Å². The molecule has 0 saturated heterocycles. The molecule has 0 saturated carbocycles. The molecule has 0 atom stereocenters. The first-order valence-electron chi connectivity index (χ1n) is 5.13. The topological polar surface area (TPSA) is 46.2 Å². The summed E-state index contributed by atoms with van der Waals surface area (Å²) in [7, 11) is -3.35. The molecular weight excluding hydrogens is 290 g/mol. The SMILES string of the molecule is CC(C)NS(=O)(=O)c1ccc(CCBr)cc1. The highest BCUT2D eigenvalue weighted by Crippen LogP contribution is 2.11. The van der Waals surface area contributed by atoms with Gasteiger partial charge in [0.25, 0.3) is 0 Å². The van der Waals surface area contributed by atoms with Crippen molar-refractivity contribution in [1.29, 1.82) is 0 Å². The fourth-order valence-electron chi connectivity index (χ4n) is 1.32. The number of halogens is 1. The minimum Gasteiger partial charge on any atom is -0.209 e. The maximum atomic E-state index is 11.8. The summed E-state index contributed by atoms with van der Waals surface area (Å²) >= 11 is 3.35. The molecule has 0 aliphatic heterocycles. The average Bonchev–Trinajstić information content (AvgIpc) is 2.17. The van der Waals surface area contributed by atoms with Crippen LogP contribution in [-0.4, -0.2) is 19.8 Å². The Labute approximate surface area is 105 Å². The normalized spacial score (nSPS) is 12.0. The number of nitrogens with one attached hydrogen (secondary N) is 1. The molecule has 0 aliphatic carbocycles. The summed E-state index contributed by atoms with van der Waals surface area (Å²) in [5, 5.41) is 0.878. The van der Waals surface area contributed by atoms with E-state index >= 15 is 0 Å². The van der Waals surface area contributed by atoms with Crippen molar-refractivity contribution in [2.24, 2.45) is 0 Å². The van der Waals surface area contributed by atoms with E-state index in [1.165, 1.54) is 0 Å². The van der Waals surface area contributed by atoms with E-state index in [1.54, 1.807) is 26.0 Å². The first-order valence-corrected chi connectivity index (χ1v) is 7.73. The van der Waals surface area contributed by atoms with Crippen LogP contribution in [0.4, 0.5) is 0 Å². The molecule has 1 aromatic rings. The second-order valence-corrected chi connectivity index (χ2v) is 6.37. The molecule has 0 aromatic heterocycles. The molecule has 5 heteroatoms. The van der Waals surface area contributed by atoms with Gasteiger partial charge >= 0.3 is 0 Å². The molecule has 3 nitrogen and oxygen atoms in total. The van der Waals surface area contributed by atoms with Gasteiger partial charge in [0.15, 0.2) is 0 Å². The quantitative estimate of drug-likeness (QED) is 0.849. The van der Waals surface area contributed by atoms with E-state index in [-0.39, 0.29) is 6.04 Å². The lowest BCUT2D eigenvalue weighted by molar-refractivity contribution is 0.570. The second kappa shape index (κ2) is 5.80. The fourth-order valence-corrected chi connectivity index (χ4v) is 3.03. The molecule has 1 N–H and O–H groups in total. The Morgan fingerprint density at radius 2 is 1.81 bits per heavy atom. The lowest BCUT2D eigenvalue weighted by Crippen LogP contribution is -2.30. The van der Waals surface area contributed by atoms with Crippen molar-refractivity contribution in [2.45, 2.75) is 31.2 Å². The van der Waals surface area contributed by atoms with Gasteiger partial charge in [0, 0.05) is 11.4 Å². The number of alkyl halides is 1. The van der Waals surface area contributed by atoms with Crippen molar-refractivity contribution in [3.05, 3.63) is 29.8 Å². The molecule has 0 unspecified atom stereocenters. The largest absolute Gasteiger partial charge is 0.240 e. The van der Waals surface area contributed by atoms with Crippen LogP contribution >= 0.6 is 15.9 Å². The highest BCUT2D eigenvalue weighted by molar-refractivity contribution is 9.09. The highest BCUT2D eigenvalue weighted by atomic mass is 79.9. The van der Waals surface area contributed by atoms with Crippen LogP contribution in [0, 0.1) is 0 Å². The molecule has 1 aromatic carbocycles. The van der Waals surface area contributed by atoms with E-state index in [1.807, 2.05) is 12.1 Å². The van der Waals surface area contributed by atoms with Crippen LogP contribution in [0.3, 0.4) is 0 Å². The Bertz CT molecular complexity index is 426. The van der Waals surface area contributed by atoms with Gasteiger partial charge in [-0.3, -0.25) is 0 Å². The number of hydrogen-bond acceptors (Lipinski definition) is 2. The van der Waals surface area contributed by atoms with Crippen LogP contribution in [0.5, 0.6) is 0 Å². The molecule has 16 heavy (non-hydrogen) atoms. The Balaban J connectivity index is 2.89. The highest BCUT2D eigenvalue weighted by Gasteiger charge is 2.14. The predicted octanol–water partition coefficient (Wildman–Crippen LogP) is 2.31. The van der Waals surface area contributed by atoms with Crippen LogP contribution in [-0.2, 0) is 16.4 Å². The molecule has 0 spiro atoms. The van der Waals surface area contributed by atoms with Crippen molar-refractivity contribution in [1.82, 2.24) is 4.72 Å². The van der Waals surface area contributed by atoms with E-state index in [9.17, 15) is 8.42 Å². The standard InChI is InChI=1S/C11H16BrNO2S/c1-9(2)13-16(14,15)11-5-3-10(4-6-11)7-8-12/h3-6,9,13H,7-8H2,1-2H3. The maximum Gasteiger partial charge on any atom is 0.240 e.